The van der Waals surface area contributed by atoms with Crippen LogP contribution in [0.1, 0.15) is 40.6 Å². The van der Waals surface area contributed by atoms with E-state index in [9.17, 15) is 4.79 Å². The first kappa shape index (κ1) is 21.2. The lowest BCUT2D eigenvalue weighted by Gasteiger charge is -2.10. The Morgan fingerprint density at radius 3 is 2.52 bits per heavy atom. The van der Waals surface area contributed by atoms with Crippen LogP contribution >= 0.6 is 11.8 Å². The Morgan fingerprint density at radius 1 is 1.06 bits per heavy atom. The number of rotatable bonds is 4. The van der Waals surface area contributed by atoms with Gasteiger partial charge in [-0.25, -0.2) is 4.99 Å². The van der Waals surface area contributed by atoms with Crippen LogP contribution in [-0.4, -0.2) is 15.6 Å². The summed E-state index contributed by atoms with van der Waals surface area (Å²) in [6.45, 7) is 10.5. The number of amides is 1. The zero-order valence-electron chi connectivity index (χ0n) is 18.6. The number of carbonyl (C=O) groups is 1. The van der Waals surface area contributed by atoms with Crippen LogP contribution in [0.25, 0.3) is 11.8 Å². The van der Waals surface area contributed by atoms with Crippen LogP contribution < -0.4 is 5.32 Å². The SMILES string of the molecule is CCc1ccc(-n2c(C)cc(/C=C3\SC(=Nc4cccc(C)c4C)NC3=O)c2C)cc1. The predicted molar refractivity (Wildman–Crippen MR) is 131 cm³/mol. The maximum Gasteiger partial charge on any atom is 0.264 e. The van der Waals surface area contributed by atoms with Crippen molar-refractivity contribution in [1.29, 1.82) is 0 Å². The average molecular weight is 430 g/mol. The molecule has 2 aromatic carbocycles. The van der Waals surface area contributed by atoms with Crippen LogP contribution in [0.5, 0.6) is 0 Å². The van der Waals surface area contributed by atoms with Crippen LogP contribution in [0, 0.1) is 27.7 Å². The minimum Gasteiger partial charge on any atom is -0.318 e. The highest BCUT2D eigenvalue weighted by Crippen LogP contribution is 2.31. The number of benzene rings is 2. The molecule has 1 N–H and O–H groups in total. The Kier molecular flexibility index (Phi) is 5.88. The lowest BCUT2D eigenvalue weighted by Crippen LogP contribution is -2.19. The molecule has 1 amide bonds. The van der Waals surface area contributed by atoms with Gasteiger partial charge in [0, 0.05) is 17.1 Å². The van der Waals surface area contributed by atoms with Gasteiger partial charge < -0.3 is 9.88 Å². The molecular formula is C26H27N3OS. The van der Waals surface area contributed by atoms with Gasteiger partial charge in [0.1, 0.15) is 0 Å². The van der Waals surface area contributed by atoms with Crippen molar-refractivity contribution in [3.8, 4) is 5.69 Å². The number of carbonyl (C=O) groups excluding carboxylic acids is 1. The standard InChI is InChI=1S/C26H27N3OS/c1-6-20-10-12-22(13-11-20)29-17(3)14-21(19(29)5)15-24-25(30)28-26(31-24)27-23-9-7-8-16(2)18(23)4/h7-15H,6H2,1-5H3,(H,27,28,30)/b24-15-. The van der Waals surface area contributed by atoms with E-state index in [1.165, 1.54) is 22.9 Å². The van der Waals surface area contributed by atoms with Gasteiger partial charge in [0.2, 0.25) is 0 Å². The van der Waals surface area contributed by atoms with Crippen LogP contribution in [-0.2, 0) is 11.2 Å². The quantitative estimate of drug-likeness (QED) is 0.505. The van der Waals surface area contributed by atoms with Crippen molar-refractivity contribution in [1.82, 2.24) is 9.88 Å². The smallest absolute Gasteiger partial charge is 0.264 e. The van der Waals surface area contributed by atoms with E-state index in [0.717, 1.165) is 40.3 Å². The lowest BCUT2D eigenvalue weighted by atomic mass is 10.1. The van der Waals surface area contributed by atoms with Gasteiger partial charge in [-0.2, -0.15) is 0 Å². The van der Waals surface area contributed by atoms with Crippen molar-refractivity contribution in [2.45, 2.75) is 41.0 Å². The summed E-state index contributed by atoms with van der Waals surface area (Å²) in [5.41, 5.74) is 8.95. The maximum absolute atomic E-state index is 12.6. The lowest BCUT2D eigenvalue weighted by molar-refractivity contribution is -0.115. The molecule has 0 unspecified atom stereocenters. The number of hydrogen-bond acceptors (Lipinski definition) is 3. The first-order chi connectivity index (χ1) is 14.9. The minimum atomic E-state index is -0.105. The zero-order valence-corrected chi connectivity index (χ0v) is 19.4. The second-order valence-corrected chi connectivity index (χ2v) is 8.91. The molecule has 1 aromatic heterocycles. The van der Waals surface area contributed by atoms with Gasteiger partial charge in [-0.15, -0.1) is 0 Å². The zero-order chi connectivity index (χ0) is 22.1. The molecule has 1 aliphatic rings. The molecule has 0 bridgehead atoms. The number of nitrogens with zero attached hydrogens (tertiary/aromatic N) is 2. The van der Waals surface area contributed by atoms with Crippen LogP contribution in [0.3, 0.4) is 0 Å². The molecule has 4 nitrogen and oxygen atoms in total. The van der Waals surface area contributed by atoms with Crippen molar-refractivity contribution < 1.29 is 4.79 Å². The highest BCUT2D eigenvalue weighted by atomic mass is 32.2. The van der Waals surface area contributed by atoms with E-state index in [2.05, 4.69) is 85.9 Å². The van der Waals surface area contributed by atoms with E-state index < -0.39 is 0 Å². The van der Waals surface area contributed by atoms with Gasteiger partial charge in [-0.3, -0.25) is 4.79 Å². The van der Waals surface area contributed by atoms with Gasteiger partial charge in [-0.05, 0) is 98.5 Å². The van der Waals surface area contributed by atoms with Gasteiger partial charge in [0.05, 0.1) is 10.6 Å². The fraction of sp³-hybridized carbons (Fsp3) is 0.231. The molecule has 0 spiro atoms. The third-order valence-electron chi connectivity index (χ3n) is 5.81. The topological polar surface area (TPSA) is 46.4 Å². The Bertz CT molecular complexity index is 1220. The van der Waals surface area contributed by atoms with Crippen molar-refractivity contribution in [2.24, 2.45) is 4.99 Å². The molecule has 0 saturated carbocycles. The van der Waals surface area contributed by atoms with Crippen LogP contribution in [0.4, 0.5) is 5.69 Å². The van der Waals surface area contributed by atoms with Crippen LogP contribution in [0.15, 0.2) is 58.4 Å². The second kappa shape index (κ2) is 8.60. The van der Waals surface area contributed by atoms with Gasteiger partial charge >= 0.3 is 0 Å². The molecule has 4 rings (SSSR count). The van der Waals surface area contributed by atoms with E-state index >= 15 is 0 Å². The summed E-state index contributed by atoms with van der Waals surface area (Å²) in [5, 5.41) is 3.52. The number of aromatic nitrogens is 1. The summed E-state index contributed by atoms with van der Waals surface area (Å²) in [4.78, 5) is 17.9. The first-order valence-electron chi connectivity index (χ1n) is 10.5. The minimum absolute atomic E-state index is 0.105. The highest BCUT2D eigenvalue weighted by Gasteiger charge is 2.25. The summed E-state index contributed by atoms with van der Waals surface area (Å²) in [5.74, 6) is -0.105. The van der Waals surface area contributed by atoms with E-state index in [0.29, 0.717) is 10.1 Å². The summed E-state index contributed by atoms with van der Waals surface area (Å²) in [6, 6.07) is 16.8. The fourth-order valence-electron chi connectivity index (χ4n) is 3.80. The Balaban J connectivity index is 1.64. The third-order valence-corrected chi connectivity index (χ3v) is 6.72. The molecule has 158 valence electrons. The molecule has 31 heavy (non-hydrogen) atoms. The Morgan fingerprint density at radius 2 is 1.81 bits per heavy atom. The van der Waals surface area contributed by atoms with Gasteiger partial charge in [0.15, 0.2) is 5.17 Å². The van der Waals surface area contributed by atoms with Crippen molar-refractivity contribution in [2.75, 3.05) is 0 Å². The van der Waals surface area contributed by atoms with Crippen molar-refractivity contribution in [3.05, 3.63) is 87.1 Å². The van der Waals surface area contributed by atoms with E-state index in [-0.39, 0.29) is 5.91 Å². The molecule has 0 atom stereocenters. The molecule has 1 aliphatic heterocycles. The van der Waals surface area contributed by atoms with E-state index in [4.69, 9.17) is 0 Å². The van der Waals surface area contributed by atoms with Gasteiger partial charge in [0.25, 0.3) is 5.91 Å². The molecule has 1 saturated heterocycles. The third kappa shape index (κ3) is 4.23. The average Bonchev–Trinajstić information content (AvgIpc) is 3.24. The molecule has 0 aliphatic carbocycles. The number of aryl methyl sites for hydroxylation is 3. The maximum atomic E-state index is 12.6. The molecule has 3 aromatic rings. The normalized spacial score (nSPS) is 16.4. The Labute approximate surface area is 188 Å². The van der Waals surface area contributed by atoms with E-state index in [1.54, 1.807) is 0 Å². The summed E-state index contributed by atoms with van der Waals surface area (Å²) < 4.78 is 2.23. The molecule has 0 radical (unpaired) electrons. The van der Waals surface area contributed by atoms with Gasteiger partial charge in [-0.1, -0.05) is 31.2 Å². The van der Waals surface area contributed by atoms with Crippen molar-refractivity contribution in [3.63, 3.8) is 0 Å². The van der Waals surface area contributed by atoms with E-state index in [1.807, 2.05) is 18.2 Å². The summed E-state index contributed by atoms with van der Waals surface area (Å²) in [7, 11) is 0. The number of nitrogens with one attached hydrogen (secondary N) is 1. The summed E-state index contributed by atoms with van der Waals surface area (Å²) >= 11 is 1.39. The number of thioether (sulfide) groups is 1. The highest BCUT2D eigenvalue weighted by molar-refractivity contribution is 8.18. The van der Waals surface area contributed by atoms with Crippen LogP contribution in [0.2, 0.25) is 0 Å². The molecule has 1 fully saturated rings. The largest absolute Gasteiger partial charge is 0.318 e. The molecule has 5 heteroatoms. The molecular weight excluding hydrogens is 402 g/mol. The predicted octanol–water partition coefficient (Wildman–Crippen LogP) is 6.16. The monoisotopic (exact) mass is 429 g/mol. The Hall–Kier alpha value is -3.05. The van der Waals surface area contributed by atoms with Crippen molar-refractivity contribution >= 4 is 34.6 Å². The second-order valence-electron chi connectivity index (χ2n) is 7.88. The first-order valence-corrected chi connectivity index (χ1v) is 11.3. The number of amidine groups is 1. The number of aliphatic imine (C=N–C) groups is 1. The fourth-order valence-corrected chi connectivity index (χ4v) is 4.63. The molecule has 2 heterocycles. The summed E-state index contributed by atoms with van der Waals surface area (Å²) in [6.07, 6.45) is 2.99. The number of hydrogen-bond donors (Lipinski definition) is 1.